The number of aliphatic hydroxyl groups is 1. The number of ether oxygens (including phenoxy) is 1. The molecule has 6 heteroatoms. The molecule has 1 aromatic heterocycles. The first kappa shape index (κ1) is 11.1. The van der Waals surface area contributed by atoms with Gasteiger partial charge in [-0.3, -0.25) is 0 Å². The summed E-state index contributed by atoms with van der Waals surface area (Å²) in [6.45, 7) is -0.531. The van der Waals surface area contributed by atoms with Gasteiger partial charge in [0.05, 0.1) is 13.7 Å². The molecule has 0 aliphatic carbocycles. The maximum Gasteiger partial charge on any atom is 0.280 e. The number of aliphatic hydroxyl groups excluding tert-OH is 1. The highest BCUT2D eigenvalue weighted by molar-refractivity contribution is 6.31. The molecule has 0 aliphatic heterocycles. The molecule has 0 radical (unpaired) electrons. The average Bonchev–Trinajstić information content (AvgIpc) is 2.16. The molecule has 0 amide bonds. The summed E-state index contributed by atoms with van der Waals surface area (Å²) in [6, 6.07) is 1.22. The molecule has 1 aromatic rings. The first-order chi connectivity index (χ1) is 6.60. The fourth-order valence-corrected chi connectivity index (χ4v) is 1.23. The van der Waals surface area contributed by atoms with Gasteiger partial charge in [-0.05, 0) is 6.07 Å². The highest BCUT2D eigenvalue weighted by Gasteiger charge is 2.17. The maximum absolute atomic E-state index is 12.4. The van der Waals surface area contributed by atoms with Crippen molar-refractivity contribution in [1.29, 1.82) is 0 Å². The van der Waals surface area contributed by atoms with Crippen LogP contribution in [0.2, 0.25) is 5.02 Å². The molecule has 1 heterocycles. The van der Waals surface area contributed by atoms with Crippen LogP contribution in [0.1, 0.15) is 17.7 Å². The van der Waals surface area contributed by atoms with Gasteiger partial charge < -0.3 is 9.84 Å². The highest BCUT2D eigenvalue weighted by atomic mass is 35.5. The van der Waals surface area contributed by atoms with Gasteiger partial charge in [-0.25, -0.2) is 13.8 Å². The Morgan fingerprint density at radius 2 is 2.29 bits per heavy atom. The zero-order chi connectivity index (χ0) is 10.7. The Labute approximate surface area is 84.3 Å². The Bertz CT molecular complexity index is 333. The van der Waals surface area contributed by atoms with Gasteiger partial charge in [0.1, 0.15) is 10.7 Å². The van der Waals surface area contributed by atoms with Crippen molar-refractivity contribution in [2.24, 2.45) is 0 Å². The van der Waals surface area contributed by atoms with Crippen LogP contribution in [0.25, 0.3) is 0 Å². The second-order valence-electron chi connectivity index (χ2n) is 2.48. The minimum absolute atomic E-state index is 0.00537. The Balaban J connectivity index is 3.25. The summed E-state index contributed by atoms with van der Waals surface area (Å²) >= 11 is 5.64. The zero-order valence-corrected chi connectivity index (χ0v) is 8.05. The summed E-state index contributed by atoms with van der Waals surface area (Å²) < 4.78 is 29.5. The summed E-state index contributed by atoms with van der Waals surface area (Å²) in [6.07, 6.45) is -2.76. The number of halogens is 3. The summed E-state index contributed by atoms with van der Waals surface area (Å²) in [4.78, 5) is 3.50. The van der Waals surface area contributed by atoms with Gasteiger partial charge in [-0.1, -0.05) is 11.6 Å². The van der Waals surface area contributed by atoms with Crippen molar-refractivity contribution in [3.63, 3.8) is 0 Å². The summed E-state index contributed by atoms with van der Waals surface area (Å²) in [5.41, 5.74) is -0.500. The van der Waals surface area contributed by atoms with Gasteiger partial charge >= 0.3 is 0 Å². The fourth-order valence-electron chi connectivity index (χ4n) is 0.982. The van der Waals surface area contributed by atoms with Crippen molar-refractivity contribution in [3.8, 4) is 5.88 Å². The quantitative estimate of drug-likeness (QED) is 0.854. The number of rotatable bonds is 3. The van der Waals surface area contributed by atoms with Crippen LogP contribution in [-0.2, 0) is 6.61 Å². The third kappa shape index (κ3) is 2.10. The minimum Gasteiger partial charge on any atom is -0.480 e. The average molecular weight is 224 g/mol. The number of hydrogen-bond acceptors (Lipinski definition) is 3. The molecule has 1 rings (SSSR count). The number of hydrogen-bond donors (Lipinski definition) is 1. The van der Waals surface area contributed by atoms with Crippen molar-refractivity contribution in [1.82, 2.24) is 4.98 Å². The highest BCUT2D eigenvalue weighted by Crippen LogP contribution is 2.29. The minimum atomic E-state index is -2.76. The van der Waals surface area contributed by atoms with Crippen LogP contribution in [0.3, 0.4) is 0 Å². The van der Waals surface area contributed by atoms with Crippen LogP contribution in [-0.4, -0.2) is 17.2 Å². The lowest BCUT2D eigenvalue weighted by Crippen LogP contribution is -2.01. The molecule has 0 unspecified atom stereocenters. The Hall–Kier alpha value is -0.940. The molecule has 0 fully saturated rings. The summed E-state index contributed by atoms with van der Waals surface area (Å²) in [5, 5.41) is 8.88. The molecule has 3 nitrogen and oxygen atoms in total. The molecule has 0 saturated carbocycles. The molecule has 0 aromatic carbocycles. The molecule has 0 atom stereocenters. The lowest BCUT2D eigenvalue weighted by molar-refractivity contribution is 0.140. The number of nitrogens with zero attached hydrogens (tertiary/aromatic N) is 1. The normalized spacial score (nSPS) is 10.7. The van der Waals surface area contributed by atoms with E-state index in [1.54, 1.807) is 0 Å². The third-order valence-corrected chi connectivity index (χ3v) is 1.90. The van der Waals surface area contributed by atoms with E-state index in [0.717, 1.165) is 0 Å². The summed E-state index contributed by atoms with van der Waals surface area (Å²) in [7, 11) is 1.28. The molecule has 78 valence electrons. The predicted octanol–water partition coefficient (Wildman–Crippen LogP) is 2.17. The number of aromatic nitrogens is 1. The van der Waals surface area contributed by atoms with Gasteiger partial charge in [0, 0.05) is 5.56 Å². The molecule has 14 heavy (non-hydrogen) atoms. The van der Waals surface area contributed by atoms with E-state index < -0.39 is 18.7 Å². The molecular formula is C8H8ClF2NO2. The first-order valence-corrected chi connectivity index (χ1v) is 4.10. The third-order valence-electron chi connectivity index (χ3n) is 1.63. The molecule has 0 spiro atoms. The van der Waals surface area contributed by atoms with Gasteiger partial charge in [0.2, 0.25) is 5.88 Å². The van der Waals surface area contributed by atoms with Gasteiger partial charge in [0.15, 0.2) is 0 Å². The predicted molar refractivity (Wildman–Crippen MR) is 46.7 cm³/mol. The van der Waals surface area contributed by atoms with Gasteiger partial charge in [-0.2, -0.15) is 0 Å². The second kappa shape index (κ2) is 4.52. The number of pyridine rings is 1. The Kier molecular flexibility index (Phi) is 3.60. The molecule has 0 bridgehead atoms. The Morgan fingerprint density at radius 1 is 1.64 bits per heavy atom. The van der Waals surface area contributed by atoms with Crippen LogP contribution >= 0.6 is 11.6 Å². The van der Waals surface area contributed by atoms with E-state index in [-0.39, 0.29) is 16.5 Å². The SMILES string of the molecule is COc1nc(C(F)F)c(CO)cc1Cl. The number of methoxy groups -OCH3 is 1. The van der Waals surface area contributed by atoms with Gasteiger partial charge in [-0.15, -0.1) is 0 Å². The second-order valence-corrected chi connectivity index (χ2v) is 2.89. The largest absolute Gasteiger partial charge is 0.480 e. The van der Waals surface area contributed by atoms with Crippen LogP contribution in [0.5, 0.6) is 5.88 Å². The van der Waals surface area contributed by atoms with Crippen LogP contribution in [0.15, 0.2) is 6.07 Å². The molecule has 0 aliphatic rings. The van der Waals surface area contributed by atoms with Crippen molar-refractivity contribution in [2.45, 2.75) is 13.0 Å². The molecular weight excluding hydrogens is 216 g/mol. The van der Waals surface area contributed by atoms with E-state index in [0.29, 0.717) is 0 Å². The van der Waals surface area contributed by atoms with Gasteiger partial charge in [0.25, 0.3) is 6.43 Å². The van der Waals surface area contributed by atoms with E-state index in [1.807, 2.05) is 0 Å². The van der Waals surface area contributed by atoms with Crippen LogP contribution < -0.4 is 4.74 Å². The lowest BCUT2D eigenvalue weighted by Gasteiger charge is -2.09. The number of alkyl halides is 2. The lowest BCUT2D eigenvalue weighted by atomic mass is 10.2. The zero-order valence-electron chi connectivity index (χ0n) is 7.30. The monoisotopic (exact) mass is 223 g/mol. The topological polar surface area (TPSA) is 42.4 Å². The van der Waals surface area contributed by atoms with Crippen molar-refractivity contribution in [3.05, 3.63) is 22.3 Å². The molecule has 1 N–H and O–H groups in total. The van der Waals surface area contributed by atoms with Crippen LogP contribution in [0, 0.1) is 0 Å². The van der Waals surface area contributed by atoms with Crippen LogP contribution in [0.4, 0.5) is 8.78 Å². The van der Waals surface area contributed by atoms with E-state index in [4.69, 9.17) is 16.7 Å². The van der Waals surface area contributed by atoms with Crippen molar-refractivity contribution in [2.75, 3.05) is 7.11 Å². The first-order valence-electron chi connectivity index (χ1n) is 3.72. The van der Waals surface area contributed by atoms with E-state index >= 15 is 0 Å². The van der Waals surface area contributed by atoms with Crippen molar-refractivity contribution >= 4 is 11.6 Å². The van der Waals surface area contributed by atoms with E-state index in [1.165, 1.54) is 13.2 Å². The standard InChI is InChI=1S/C8H8ClF2NO2/c1-14-8-5(9)2-4(3-13)6(12-8)7(10)11/h2,7,13H,3H2,1H3. The smallest absolute Gasteiger partial charge is 0.280 e. The molecule has 0 saturated heterocycles. The van der Waals surface area contributed by atoms with E-state index in [2.05, 4.69) is 9.72 Å². The summed E-state index contributed by atoms with van der Waals surface area (Å²) in [5.74, 6) is -0.0702. The van der Waals surface area contributed by atoms with Crippen molar-refractivity contribution < 1.29 is 18.6 Å². The fraction of sp³-hybridized carbons (Fsp3) is 0.375. The Morgan fingerprint density at radius 3 is 2.71 bits per heavy atom. The van der Waals surface area contributed by atoms with E-state index in [9.17, 15) is 8.78 Å². The maximum atomic E-state index is 12.4.